The van der Waals surface area contributed by atoms with Crippen molar-refractivity contribution >= 4 is 35.0 Å². The number of carbonyl (C=O) groups excluding carboxylic acids is 2. The van der Waals surface area contributed by atoms with Gasteiger partial charge in [0.15, 0.2) is 6.61 Å². The highest BCUT2D eigenvalue weighted by atomic mass is 35.5. The molecule has 5 nitrogen and oxygen atoms in total. The number of benzene rings is 2. The van der Waals surface area contributed by atoms with Crippen molar-refractivity contribution in [2.75, 3.05) is 13.7 Å². The molecule has 1 atom stereocenters. The molecular formula is C21H24Cl2N2O3. The Bertz CT molecular complexity index is 842. The Kier molecular flexibility index (Phi) is 8.15. The van der Waals surface area contributed by atoms with Gasteiger partial charge in [0.25, 0.3) is 5.91 Å². The van der Waals surface area contributed by atoms with Crippen molar-refractivity contribution < 1.29 is 14.3 Å². The van der Waals surface area contributed by atoms with Gasteiger partial charge >= 0.3 is 0 Å². The number of hydrogen-bond acceptors (Lipinski definition) is 3. The largest absolute Gasteiger partial charge is 0.484 e. The normalized spacial score (nSPS) is 11.6. The third kappa shape index (κ3) is 5.63. The molecule has 0 aliphatic heterocycles. The molecule has 1 unspecified atom stereocenters. The highest BCUT2D eigenvalue weighted by Crippen LogP contribution is 2.24. The Balaban J connectivity index is 2.24. The highest BCUT2D eigenvalue weighted by Gasteiger charge is 2.28. The average molecular weight is 423 g/mol. The molecule has 2 aromatic rings. The second-order valence-electron chi connectivity index (χ2n) is 6.35. The molecule has 0 aromatic heterocycles. The van der Waals surface area contributed by atoms with Crippen molar-refractivity contribution in [1.29, 1.82) is 0 Å². The molecule has 0 saturated heterocycles. The Hall–Kier alpha value is -2.24. The second-order valence-corrected chi connectivity index (χ2v) is 7.19. The molecule has 0 aliphatic rings. The first kappa shape index (κ1) is 22.1. The van der Waals surface area contributed by atoms with Crippen molar-refractivity contribution in [3.8, 4) is 5.75 Å². The summed E-state index contributed by atoms with van der Waals surface area (Å²) in [6, 6.07) is 11.9. The SMILES string of the molecule is CCC(C(=O)NC)N(Cc1ccc(Cl)cc1Cl)C(=O)COc1ccccc1C. The van der Waals surface area contributed by atoms with E-state index in [2.05, 4.69) is 5.32 Å². The molecule has 0 bridgehead atoms. The van der Waals surface area contributed by atoms with Crippen LogP contribution in [0.2, 0.25) is 10.0 Å². The van der Waals surface area contributed by atoms with Gasteiger partial charge in [-0.15, -0.1) is 0 Å². The third-order valence-electron chi connectivity index (χ3n) is 4.43. The molecule has 0 radical (unpaired) electrons. The highest BCUT2D eigenvalue weighted by molar-refractivity contribution is 6.35. The molecule has 2 rings (SSSR count). The van der Waals surface area contributed by atoms with Crippen LogP contribution in [0.5, 0.6) is 5.75 Å². The van der Waals surface area contributed by atoms with Gasteiger partial charge in [0.2, 0.25) is 5.91 Å². The van der Waals surface area contributed by atoms with E-state index < -0.39 is 6.04 Å². The van der Waals surface area contributed by atoms with E-state index in [1.54, 1.807) is 31.3 Å². The first-order valence-corrected chi connectivity index (χ1v) is 9.76. The van der Waals surface area contributed by atoms with Gasteiger partial charge in [-0.2, -0.15) is 0 Å². The van der Waals surface area contributed by atoms with Gasteiger partial charge in [-0.05, 0) is 42.7 Å². The lowest BCUT2D eigenvalue weighted by atomic mass is 10.1. The predicted octanol–water partition coefficient (Wildman–Crippen LogP) is 4.23. The number of nitrogens with zero attached hydrogens (tertiary/aromatic N) is 1. The first-order valence-electron chi connectivity index (χ1n) is 9.00. The Labute approximate surface area is 175 Å². The lowest BCUT2D eigenvalue weighted by Gasteiger charge is -2.30. The predicted molar refractivity (Wildman–Crippen MR) is 112 cm³/mol. The molecule has 0 spiro atoms. The Morgan fingerprint density at radius 2 is 1.89 bits per heavy atom. The van der Waals surface area contributed by atoms with Crippen LogP contribution < -0.4 is 10.1 Å². The molecule has 28 heavy (non-hydrogen) atoms. The summed E-state index contributed by atoms with van der Waals surface area (Å²) in [5.41, 5.74) is 1.64. The Morgan fingerprint density at radius 1 is 1.18 bits per heavy atom. The fourth-order valence-electron chi connectivity index (χ4n) is 2.86. The van der Waals surface area contributed by atoms with Gasteiger partial charge in [-0.25, -0.2) is 0 Å². The van der Waals surface area contributed by atoms with Gasteiger partial charge < -0.3 is 15.0 Å². The summed E-state index contributed by atoms with van der Waals surface area (Å²) in [6.45, 7) is 3.76. The number of nitrogens with one attached hydrogen (secondary N) is 1. The summed E-state index contributed by atoms with van der Waals surface area (Å²) in [6.07, 6.45) is 0.459. The molecule has 7 heteroatoms. The lowest BCUT2D eigenvalue weighted by Crippen LogP contribution is -2.49. The number of para-hydroxylation sites is 1. The summed E-state index contributed by atoms with van der Waals surface area (Å²) in [4.78, 5) is 26.8. The van der Waals surface area contributed by atoms with E-state index >= 15 is 0 Å². The standard InChI is InChI=1S/C21H24Cl2N2O3/c1-4-18(21(27)24-3)25(12-15-9-10-16(22)11-17(15)23)20(26)13-28-19-8-6-5-7-14(19)2/h5-11,18H,4,12-13H2,1-3H3,(H,24,27). The van der Waals surface area contributed by atoms with Crippen LogP contribution in [0.15, 0.2) is 42.5 Å². The summed E-state index contributed by atoms with van der Waals surface area (Å²) in [5, 5.41) is 3.56. The number of hydrogen-bond donors (Lipinski definition) is 1. The fraction of sp³-hybridized carbons (Fsp3) is 0.333. The van der Waals surface area contributed by atoms with Crippen LogP contribution in [0.1, 0.15) is 24.5 Å². The van der Waals surface area contributed by atoms with E-state index in [-0.39, 0.29) is 25.0 Å². The van der Waals surface area contributed by atoms with Crippen molar-refractivity contribution in [2.45, 2.75) is 32.9 Å². The summed E-state index contributed by atoms with van der Waals surface area (Å²) >= 11 is 12.2. The molecule has 150 valence electrons. The van der Waals surface area contributed by atoms with E-state index in [4.69, 9.17) is 27.9 Å². The van der Waals surface area contributed by atoms with Crippen molar-refractivity contribution in [1.82, 2.24) is 10.2 Å². The molecule has 2 aromatic carbocycles. The maximum atomic E-state index is 13.0. The van der Waals surface area contributed by atoms with Crippen molar-refractivity contribution in [3.05, 3.63) is 63.6 Å². The number of carbonyl (C=O) groups is 2. The smallest absolute Gasteiger partial charge is 0.261 e. The fourth-order valence-corrected chi connectivity index (χ4v) is 3.33. The van der Waals surface area contributed by atoms with E-state index in [0.29, 0.717) is 27.8 Å². The average Bonchev–Trinajstić information content (AvgIpc) is 2.68. The number of rotatable bonds is 8. The summed E-state index contributed by atoms with van der Waals surface area (Å²) < 4.78 is 5.70. The summed E-state index contributed by atoms with van der Waals surface area (Å²) in [5.74, 6) is 0.0925. The quantitative estimate of drug-likeness (QED) is 0.691. The maximum absolute atomic E-state index is 13.0. The van der Waals surface area contributed by atoms with E-state index in [1.807, 2.05) is 32.0 Å². The first-order chi connectivity index (χ1) is 13.4. The Morgan fingerprint density at radius 3 is 2.50 bits per heavy atom. The molecule has 2 amide bonds. The minimum absolute atomic E-state index is 0.177. The molecule has 0 aliphatic carbocycles. The van der Waals surface area contributed by atoms with Gasteiger partial charge in [0, 0.05) is 23.6 Å². The third-order valence-corrected chi connectivity index (χ3v) is 5.02. The lowest BCUT2D eigenvalue weighted by molar-refractivity contribution is -0.142. The van der Waals surface area contributed by atoms with E-state index in [0.717, 1.165) is 5.56 Å². The zero-order chi connectivity index (χ0) is 20.7. The number of aryl methyl sites for hydroxylation is 1. The van der Waals surface area contributed by atoms with E-state index in [9.17, 15) is 9.59 Å². The maximum Gasteiger partial charge on any atom is 0.261 e. The van der Waals surface area contributed by atoms with Gasteiger partial charge in [0.05, 0.1) is 0 Å². The molecule has 0 fully saturated rings. The van der Waals surface area contributed by atoms with Crippen molar-refractivity contribution in [2.24, 2.45) is 0 Å². The van der Waals surface area contributed by atoms with Crippen LogP contribution in [0.25, 0.3) is 0 Å². The molecule has 0 saturated carbocycles. The van der Waals surface area contributed by atoms with Gasteiger partial charge in [-0.1, -0.05) is 54.4 Å². The molecule has 1 N–H and O–H groups in total. The summed E-state index contributed by atoms with van der Waals surface area (Å²) in [7, 11) is 1.55. The van der Waals surface area contributed by atoms with Crippen LogP contribution in [-0.4, -0.2) is 36.4 Å². The zero-order valence-corrected chi connectivity index (χ0v) is 17.7. The molecule has 0 heterocycles. The van der Waals surface area contributed by atoms with Gasteiger partial charge in [0.1, 0.15) is 11.8 Å². The van der Waals surface area contributed by atoms with Crippen LogP contribution in [0.4, 0.5) is 0 Å². The number of halogens is 2. The van der Waals surface area contributed by atoms with Crippen LogP contribution in [-0.2, 0) is 16.1 Å². The number of amides is 2. The monoisotopic (exact) mass is 422 g/mol. The van der Waals surface area contributed by atoms with Crippen molar-refractivity contribution in [3.63, 3.8) is 0 Å². The number of likely N-dealkylation sites (N-methyl/N-ethyl adjacent to an activating group) is 1. The van der Waals surface area contributed by atoms with Crippen LogP contribution in [0, 0.1) is 6.92 Å². The minimum atomic E-state index is -0.635. The molecular weight excluding hydrogens is 399 g/mol. The van der Waals surface area contributed by atoms with Crippen LogP contribution >= 0.6 is 23.2 Å². The van der Waals surface area contributed by atoms with Crippen LogP contribution in [0.3, 0.4) is 0 Å². The minimum Gasteiger partial charge on any atom is -0.484 e. The van der Waals surface area contributed by atoms with E-state index in [1.165, 1.54) is 4.90 Å². The zero-order valence-electron chi connectivity index (χ0n) is 16.2. The second kappa shape index (κ2) is 10.3. The number of ether oxygens (including phenoxy) is 1. The topological polar surface area (TPSA) is 58.6 Å². The van der Waals surface area contributed by atoms with Gasteiger partial charge in [-0.3, -0.25) is 9.59 Å².